The third-order valence-electron chi connectivity index (χ3n) is 3.50. The molecule has 0 atom stereocenters. The molecule has 0 radical (unpaired) electrons. The van der Waals surface area contributed by atoms with Crippen molar-refractivity contribution in [2.75, 3.05) is 11.9 Å². The van der Waals surface area contributed by atoms with Crippen molar-refractivity contribution in [3.8, 4) is 0 Å². The van der Waals surface area contributed by atoms with Gasteiger partial charge in [-0.25, -0.2) is 13.2 Å². The molecule has 28 heavy (non-hydrogen) atoms. The Bertz CT molecular complexity index is 1090. The predicted octanol–water partition coefficient (Wildman–Crippen LogP) is 2.53. The lowest BCUT2D eigenvalue weighted by molar-refractivity contribution is 0.0520. The summed E-state index contributed by atoms with van der Waals surface area (Å²) in [5.74, 6) is -1.76. The van der Waals surface area contributed by atoms with Crippen LogP contribution in [0.5, 0.6) is 0 Å². The number of rotatable bonds is 7. The van der Waals surface area contributed by atoms with Gasteiger partial charge in [-0.15, -0.1) is 5.10 Å². The van der Waals surface area contributed by atoms with Gasteiger partial charge in [0, 0.05) is 11.5 Å². The van der Waals surface area contributed by atoms with Crippen molar-refractivity contribution >= 4 is 38.2 Å². The quantitative estimate of drug-likeness (QED) is 0.576. The number of carbonyl (C=O) groups excluding carboxylic acids is 2. The standard InChI is InChI=1S/C17H15N3O6S2/c1-2-25-17(22)14-16(27-20-19-14)18-15(21)13-9-8-11(26-13)10-28(23,24)12-6-4-3-5-7-12/h3-9H,2,10H2,1H3,(H,18,21). The zero-order valence-corrected chi connectivity index (χ0v) is 16.2. The Morgan fingerprint density at radius 2 is 1.93 bits per heavy atom. The smallest absolute Gasteiger partial charge is 0.362 e. The number of nitrogens with zero attached hydrogens (tertiary/aromatic N) is 2. The maximum Gasteiger partial charge on any atom is 0.362 e. The van der Waals surface area contributed by atoms with Gasteiger partial charge in [-0.1, -0.05) is 22.7 Å². The Morgan fingerprint density at radius 3 is 2.64 bits per heavy atom. The molecule has 1 aromatic carbocycles. The van der Waals surface area contributed by atoms with Crippen molar-refractivity contribution in [3.05, 3.63) is 59.7 Å². The minimum Gasteiger partial charge on any atom is -0.461 e. The summed E-state index contributed by atoms with van der Waals surface area (Å²) >= 11 is 0.809. The molecule has 0 spiro atoms. The maximum absolute atomic E-state index is 12.4. The van der Waals surface area contributed by atoms with E-state index < -0.39 is 21.7 Å². The summed E-state index contributed by atoms with van der Waals surface area (Å²) < 4.78 is 38.6. The molecule has 0 aliphatic heterocycles. The van der Waals surface area contributed by atoms with Crippen LogP contribution in [0.25, 0.3) is 0 Å². The van der Waals surface area contributed by atoms with Gasteiger partial charge in [0.25, 0.3) is 5.91 Å². The first-order chi connectivity index (χ1) is 13.4. The number of aromatic nitrogens is 2. The van der Waals surface area contributed by atoms with Crippen molar-refractivity contribution in [1.29, 1.82) is 0 Å². The van der Waals surface area contributed by atoms with Gasteiger partial charge in [0.15, 0.2) is 20.6 Å². The van der Waals surface area contributed by atoms with Crippen molar-refractivity contribution in [2.24, 2.45) is 0 Å². The fourth-order valence-electron chi connectivity index (χ4n) is 2.25. The van der Waals surface area contributed by atoms with E-state index >= 15 is 0 Å². The monoisotopic (exact) mass is 421 g/mol. The Labute approximate surface area is 164 Å². The van der Waals surface area contributed by atoms with Gasteiger partial charge >= 0.3 is 5.97 Å². The number of hydrogen-bond acceptors (Lipinski definition) is 9. The Kier molecular flexibility index (Phi) is 5.85. The molecule has 11 heteroatoms. The lowest BCUT2D eigenvalue weighted by Crippen LogP contribution is -2.14. The topological polar surface area (TPSA) is 128 Å². The molecule has 146 valence electrons. The van der Waals surface area contributed by atoms with E-state index in [1.54, 1.807) is 25.1 Å². The number of esters is 1. The van der Waals surface area contributed by atoms with Gasteiger partial charge in [0.2, 0.25) is 5.69 Å². The molecule has 0 saturated carbocycles. The molecule has 3 rings (SSSR count). The second kappa shape index (κ2) is 8.31. The lowest BCUT2D eigenvalue weighted by Gasteiger charge is -2.03. The van der Waals surface area contributed by atoms with Gasteiger partial charge < -0.3 is 14.5 Å². The highest BCUT2D eigenvalue weighted by Crippen LogP contribution is 2.22. The Hall–Kier alpha value is -3.05. The van der Waals surface area contributed by atoms with Crippen LogP contribution in [0.15, 0.2) is 51.8 Å². The van der Waals surface area contributed by atoms with Crippen LogP contribution < -0.4 is 5.32 Å². The van der Waals surface area contributed by atoms with E-state index in [9.17, 15) is 18.0 Å². The van der Waals surface area contributed by atoms with Gasteiger partial charge in [0.1, 0.15) is 11.5 Å². The molecule has 2 aromatic heterocycles. The molecule has 0 aliphatic rings. The first-order valence-electron chi connectivity index (χ1n) is 8.08. The highest BCUT2D eigenvalue weighted by atomic mass is 32.2. The maximum atomic E-state index is 12.4. The van der Waals surface area contributed by atoms with Crippen molar-refractivity contribution in [3.63, 3.8) is 0 Å². The van der Waals surface area contributed by atoms with E-state index in [1.165, 1.54) is 24.3 Å². The number of benzene rings is 1. The minimum atomic E-state index is -3.60. The summed E-state index contributed by atoms with van der Waals surface area (Å²) in [4.78, 5) is 24.3. The summed E-state index contributed by atoms with van der Waals surface area (Å²) in [6.07, 6.45) is 0. The van der Waals surface area contributed by atoms with Crippen LogP contribution in [-0.2, 0) is 20.3 Å². The summed E-state index contributed by atoms with van der Waals surface area (Å²) in [6, 6.07) is 10.7. The molecule has 0 fully saturated rings. The molecule has 9 nitrogen and oxygen atoms in total. The largest absolute Gasteiger partial charge is 0.461 e. The van der Waals surface area contributed by atoms with Crippen molar-refractivity contribution in [2.45, 2.75) is 17.6 Å². The molecule has 0 aliphatic carbocycles. The van der Waals surface area contributed by atoms with E-state index in [4.69, 9.17) is 9.15 Å². The summed E-state index contributed by atoms with van der Waals surface area (Å²) in [7, 11) is -3.60. The SMILES string of the molecule is CCOC(=O)c1nnsc1NC(=O)c1ccc(CS(=O)(=O)c2ccccc2)o1. The number of ether oxygens (including phenoxy) is 1. The second-order valence-electron chi connectivity index (χ2n) is 5.46. The molecule has 0 unspecified atom stereocenters. The number of carbonyl (C=O) groups is 2. The fraction of sp³-hybridized carbons (Fsp3) is 0.176. The highest BCUT2D eigenvalue weighted by Gasteiger charge is 2.23. The van der Waals surface area contributed by atoms with Crippen LogP contribution in [0.3, 0.4) is 0 Å². The first-order valence-corrected chi connectivity index (χ1v) is 10.5. The van der Waals surface area contributed by atoms with Gasteiger partial charge in [-0.3, -0.25) is 4.79 Å². The Balaban J connectivity index is 1.72. The molecular weight excluding hydrogens is 406 g/mol. The van der Waals surface area contributed by atoms with E-state index in [-0.39, 0.29) is 39.5 Å². The second-order valence-corrected chi connectivity index (χ2v) is 8.21. The molecule has 0 saturated heterocycles. The molecule has 2 heterocycles. The van der Waals surface area contributed by atoms with Crippen LogP contribution in [-0.4, -0.2) is 36.5 Å². The summed E-state index contributed by atoms with van der Waals surface area (Å²) in [5, 5.41) is 6.21. The fourth-order valence-corrected chi connectivity index (χ4v) is 4.07. The van der Waals surface area contributed by atoms with Crippen LogP contribution >= 0.6 is 11.5 Å². The third kappa shape index (κ3) is 4.43. The number of sulfone groups is 1. The highest BCUT2D eigenvalue weighted by molar-refractivity contribution is 7.90. The number of furan rings is 1. The predicted molar refractivity (Wildman–Crippen MR) is 99.9 cm³/mol. The van der Waals surface area contributed by atoms with Gasteiger partial charge in [0.05, 0.1) is 11.5 Å². The number of anilines is 1. The van der Waals surface area contributed by atoms with E-state index in [2.05, 4.69) is 14.9 Å². The molecule has 0 bridgehead atoms. The van der Waals surface area contributed by atoms with E-state index in [0.29, 0.717) is 0 Å². The molecule has 1 amide bonds. The Morgan fingerprint density at radius 1 is 1.18 bits per heavy atom. The summed E-state index contributed by atoms with van der Waals surface area (Å²) in [5.41, 5.74) is -0.112. The van der Waals surface area contributed by atoms with Crippen molar-refractivity contribution < 1.29 is 27.2 Å². The van der Waals surface area contributed by atoms with Crippen LogP contribution in [0.4, 0.5) is 5.00 Å². The molecular formula is C17H15N3O6S2. The van der Waals surface area contributed by atoms with E-state index in [1.807, 2.05) is 0 Å². The molecule has 3 aromatic rings. The average molecular weight is 421 g/mol. The number of nitrogens with one attached hydrogen (secondary N) is 1. The zero-order chi connectivity index (χ0) is 20.1. The normalized spacial score (nSPS) is 11.2. The number of hydrogen-bond donors (Lipinski definition) is 1. The van der Waals surface area contributed by atoms with Gasteiger partial charge in [-0.2, -0.15) is 0 Å². The minimum absolute atomic E-state index is 0.110. The average Bonchev–Trinajstić information content (AvgIpc) is 3.32. The van der Waals surface area contributed by atoms with Crippen LogP contribution in [0, 0.1) is 0 Å². The third-order valence-corrected chi connectivity index (χ3v) is 5.80. The molecule has 1 N–H and O–H groups in total. The summed E-state index contributed by atoms with van der Waals surface area (Å²) in [6.45, 7) is 1.80. The van der Waals surface area contributed by atoms with Crippen LogP contribution in [0.2, 0.25) is 0 Å². The van der Waals surface area contributed by atoms with Crippen molar-refractivity contribution in [1.82, 2.24) is 9.59 Å². The van der Waals surface area contributed by atoms with E-state index in [0.717, 1.165) is 11.5 Å². The van der Waals surface area contributed by atoms with Gasteiger partial charge in [-0.05, 0) is 31.2 Å². The zero-order valence-electron chi connectivity index (χ0n) is 14.6. The first kappa shape index (κ1) is 19.7. The number of amides is 1. The lowest BCUT2D eigenvalue weighted by atomic mass is 10.4. The van der Waals surface area contributed by atoms with Crippen LogP contribution in [0.1, 0.15) is 33.7 Å².